The van der Waals surface area contributed by atoms with E-state index in [-0.39, 0.29) is 42.6 Å². The van der Waals surface area contributed by atoms with Gasteiger partial charge in [-0.1, -0.05) is 60.7 Å². The highest BCUT2D eigenvalue weighted by Gasteiger charge is 2.32. The average Bonchev–Trinajstić information content (AvgIpc) is 3.84. The van der Waals surface area contributed by atoms with E-state index in [1.807, 2.05) is 67.6 Å². The summed E-state index contributed by atoms with van der Waals surface area (Å²) >= 11 is 0. The highest BCUT2D eigenvalue weighted by atomic mass is 32.2. The van der Waals surface area contributed by atoms with E-state index < -0.39 is 27.4 Å². The lowest BCUT2D eigenvalue weighted by molar-refractivity contribution is -0.0482. The molecule has 4 N–H and O–H groups in total. The van der Waals surface area contributed by atoms with E-state index in [0.29, 0.717) is 12.6 Å². The number of aliphatic hydroxyl groups is 1. The third kappa shape index (κ3) is 9.62. The van der Waals surface area contributed by atoms with Crippen LogP contribution in [0.15, 0.2) is 78.9 Å². The van der Waals surface area contributed by atoms with Gasteiger partial charge in [0.1, 0.15) is 5.60 Å². The maximum absolute atomic E-state index is 13.4. The number of rotatable bonds is 15. The molecule has 2 atom stereocenters. The minimum absolute atomic E-state index is 0.0240. The molecule has 1 saturated carbocycles. The highest BCUT2D eigenvalue weighted by molar-refractivity contribution is 7.92. The van der Waals surface area contributed by atoms with E-state index in [2.05, 4.69) is 16.0 Å². The minimum atomic E-state index is -3.68. The zero-order valence-corrected chi connectivity index (χ0v) is 25.6. The molecule has 3 aromatic carbocycles. The molecule has 4 rings (SSSR count). The number of anilines is 1. The van der Waals surface area contributed by atoms with Crippen LogP contribution in [0.1, 0.15) is 57.7 Å². The molecule has 0 aliphatic heterocycles. The summed E-state index contributed by atoms with van der Waals surface area (Å²) in [6, 6.07) is 23.2. The van der Waals surface area contributed by atoms with Crippen LogP contribution in [0.25, 0.3) is 0 Å². The Bertz CT molecular complexity index is 1500. The highest BCUT2D eigenvalue weighted by Crippen LogP contribution is 2.23. The molecule has 230 valence electrons. The fourth-order valence-electron chi connectivity index (χ4n) is 4.42. The number of amides is 2. The maximum Gasteiger partial charge on any atom is 0.251 e. The molecule has 0 spiro atoms. The van der Waals surface area contributed by atoms with Crippen molar-refractivity contribution in [3.8, 4) is 0 Å². The van der Waals surface area contributed by atoms with E-state index in [1.165, 1.54) is 25.2 Å². The van der Waals surface area contributed by atoms with E-state index in [9.17, 15) is 23.1 Å². The molecule has 11 heteroatoms. The maximum atomic E-state index is 13.4. The van der Waals surface area contributed by atoms with Crippen LogP contribution in [-0.2, 0) is 21.4 Å². The molecular formula is C32H40N4O6S. The lowest BCUT2D eigenvalue weighted by Crippen LogP contribution is -2.53. The summed E-state index contributed by atoms with van der Waals surface area (Å²) in [7, 11) is -2.33. The van der Waals surface area contributed by atoms with Crippen molar-refractivity contribution >= 4 is 27.5 Å². The van der Waals surface area contributed by atoms with Crippen LogP contribution < -0.4 is 20.3 Å². The predicted octanol–water partition coefficient (Wildman–Crippen LogP) is 3.00. The Kier molecular flexibility index (Phi) is 10.6. The van der Waals surface area contributed by atoms with Crippen LogP contribution in [0, 0.1) is 0 Å². The van der Waals surface area contributed by atoms with E-state index in [4.69, 9.17) is 4.74 Å². The van der Waals surface area contributed by atoms with Crippen molar-refractivity contribution in [3.05, 3.63) is 101 Å². The van der Waals surface area contributed by atoms with Crippen LogP contribution in [0.2, 0.25) is 0 Å². The number of sulfonamides is 1. The fourth-order valence-corrected chi connectivity index (χ4v) is 4.91. The molecule has 0 saturated heterocycles. The second-order valence-corrected chi connectivity index (χ2v) is 13.2. The Balaban J connectivity index is 1.50. The van der Waals surface area contributed by atoms with Gasteiger partial charge in [-0.25, -0.2) is 8.42 Å². The smallest absolute Gasteiger partial charge is 0.251 e. The standard InChI is InChI=1S/C32H40N4O6S/c1-23(25-12-8-5-9-13-25)35-31(38)27-16-26(17-29(18-27)36(2)43(3,40)41)30(37)34-21-32(39,20-33-28-14-15-28)22-42-19-24-10-6-4-7-11-24/h4-13,16-18,23,28,33,39H,14-15,19-22H2,1-3H3,(H,34,37)(H,35,38)/t23-,32-/m1/s1. The quantitative estimate of drug-likeness (QED) is 0.208. The summed E-state index contributed by atoms with van der Waals surface area (Å²) < 4.78 is 31.5. The lowest BCUT2D eigenvalue weighted by Gasteiger charge is -2.29. The monoisotopic (exact) mass is 608 g/mol. The number of nitrogens with one attached hydrogen (secondary N) is 3. The third-order valence-corrected chi connectivity index (χ3v) is 8.51. The number of hydrogen-bond acceptors (Lipinski definition) is 7. The van der Waals surface area contributed by atoms with Crippen LogP contribution in [-0.4, -0.2) is 70.0 Å². The van der Waals surface area contributed by atoms with E-state index in [0.717, 1.165) is 34.5 Å². The topological polar surface area (TPSA) is 137 Å². The molecule has 1 fully saturated rings. The van der Waals surface area contributed by atoms with Gasteiger partial charge >= 0.3 is 0 Å². The van der Waals surface area contributed by atoms with Crippen molar-refractivity contribution in [2.45, 2.75) is 44.1 Å². The zero-order chi connectivity index (χ0) is 31.0. The molecule has 2 amide bonds. The van der Waals surface area contributed by atoms with E-state index in [1.54, 1.807) is 0 Å². The van der Waals surface area contributed by atoms with Gasteiger partial charge in [-0.15, -0.1) is 0 Å². The molecule has 10 nitrogen and oxygen atoms in total. The van der Waals surface area contributed by atoms with Gasteiger partial charge in [-0.3, -0.25) is 13.9 Å². The molecule has 1 aliphatic rings. The molecule has 0 bridgehead atoms. The summed E-state index contributed by atoms with van der Waals surface area (Å²) in [5.41, 5.74) is 0.810. The Labute approximate surface area is 253 Å². The summed E-state index contributed by atoms with van der Waals surface area (Å²) in [6.45, 7) is 2.21. The van der Waals surface area contributed by atoms with Gasteiger partial charge in [0.25, 0.3) is 11.8 Å². The predicted molar refractivity (Wildman–Crippen MR) is 166 cm³/mol. The Hall–Kier alpha value is -3.77. The van der Waals surface area contributed by atoms with Gasteiger partial charge in [0.15, 0.2) is 0 Å². The fraction of sp³-hybridized carbons (Fsp3) is 0.375. The molecule has 3 aromatic rings. The zero-order valence-electron chi connectivity index (χ0n) is 24.7. The summed E-state index contributed by atoms with van der Waals surface area (Å²) in [6.07, 6.45) is 3.10. The largest absolute Gasteiger partial charge is 0.384 e. The molecule has 0 aromatic heterocycles. The summed E-state index contributed by atoms with van der Waals surface area (Å²) in [5.74, 6) is -1.03. The van der Waals surface area contributed by atoms with Crippen LogP contribution in [0.3, 0.4) is 0 Å². The number of nitrogens with zero attached hydrogens (tertiary/aromatic N) is 1. The van der Waals surface area contributed by atoms with Crippen LogP contribution in [0.4, 0.5) is 5.69 Å². The molecule has 0 unspecified atom stereocenters. The number of carbonyl (C=O) groups is 2. The van der Waals surface area contributed by atoms with Gasteiger partial charge in [0, 0.05) is 30.8 Å². The van der Waals surface area contributed by atoms with Gasteiger partial charge in [0.2, 0.25) is 10.0 Å². The molecule has 0 radical (unpaired) electrons. The van der Waals surface area contributed by atoms with Crippen molar-refractivity contribution in [1.82, 2.24) is 16.0 Å². The third-order valence-electron chi connectivity index (χ3n) is 7.31. The first-order valence-corrected chi connectivity index (χ1v) is 16.1. The van der Waals surface area contributed by atoms with Crippen molar-refractivity contribution < 1.29 is 27.9 Å². The molecular weight excluding hydrogens is 568 g/mol. The Morgan fingerprint density at radius 2 is 1.58 bits per heavy atom. The Morgan fingerprint density at radius 3 is 2.19 bits per heavy atom. The summed E-state index contributed by atoms with van der Waals surface area (Å²) in [4.78, 5) is 26.7. The SMILES string of the molecule is C[C@@H](NC(=O)c1cc(C(=O)NC[C@](O)(CNC2CC2)COCc2ccccc2)cc(N(C)S(C)(=O)=O)c1)c1ccccc1. The van der Waals surface area contributed by atoms with Crippen LogP contribution >= 0.6 is 0 Å². The molecule has 1 aliphatic carbocycles. The van der Waals surface area contributed by atoms with Crippen LogP contribution in [0.5, 0.6) is 0 Å². The van der Waals surface area contributed by atoms with Gasteiger partial charge in [-0.2, -0.15) is 0 Å². The number of hydrogen-bond donors (Lipinski definition) is 4. The number of ether oxygens (including phenoxy) is 1. The number of carbonyl (C=O) groups excluding carboxylic acids is 2. The Morgan fingerprint density at radius 1 is 0.977 bits per heavy atom. The van der Waals surface area contributed by atoms with Crippen molar-refractivity contribution in [3.63, 3.8) is 0 Å². The van der Waals surface area contributed by atoms with Gasteiger partial charge < -0.3 is 25.8 Å². The first-order chi connectivity index (χ1) is 20.4. The van der Waals surface area contributed by atoms with E-state index >= 15 is 0 Å². The van der Waals surface area contributed by atoms with Crippen molar-refractivity contribution in [2.24, 2.45) is 0 Å². The first kappa shape index (κ1) is 32.2. The average molecular weight is 609 g/mol. The molecule has 43 heavy (non-hydrogen) atoms. The first-order valence-electron chi connectivity index (χ1n) is 14.2. The minimum Gasteiger partial charge on any atom is -0.384 e. The normalized spacial score (nSPS) is 15.3. The van der Waals surface area contributed by atoms with Crippen molar-refractivity contribution in [1.29, 1.82) is 0 Å². The second-order valence-electron chi connectivity index (χ2n) is 11.1. The molecule has 0 heterocycles. The van der Waals surface area contributed by atoms with Crippen molar-refractivity contribution in [2.75, 3.05) is 37.3 Å². The van der Waals surface area contributed by atoms with Gasteiger partial charge in [0.05, 0.1) is 37.7 Å². The second kappa shape index (κ2) is 14.1. The lowest BCUT2D eigenvalue weighted by atomic mass is 10.0. The summed E-state index contributed by atoms with van der Waals surface area (Å²) in [5, 5.41) is 20.4. The number of benzene rings is 3. The van der Waals surface area contributed by atoms with Gasteiger partial charge in [-0.05, 0) is 49.1 Å².